The highest BCUT2D eigenvalue weighted by molar-refractivity contribution is 7.10. The smallest absolute Gasteiger partial charge is 0.128 e. The molecule has 0 aliphatic carbocycles. The second kappa shape index (κ2) is 4.98. The summed E-state index contributed by atoms with van der Waals surface area (Å²) >= 11 is 1.66. The van der Waals surface area contributed by atoms with Crippen LogP contribution < -0.4 is 5.32 Å². The summed E-state index contributed by atoms with van der Waals surface area (Å²) in [4.78, 5) is 1.18. The highest BCUT2D eigenvalue weighted by atomic mass is 32.1. The maximum Gasteiger partial charge on any atom is 0.128 e. The van der Waals surface area contributed by atoms with Gasteiger partial charge in [0.25, 0.3) is 0 Å². The molecule has 0 radical (unpaired) electrons. The molecule has 1 unspecified atom stereocenters. The molecule has 1 nitrogen and oxygen atoms in total. The van der Waals surface area contributed by atoms with Crippen molar-refractivity contribution in [2.24, 2.45) is 0 Å². The van der Waals surface area contributed by atoms with Gasteiger partial charge in [-0.05, 0) is 49.5 Å². The van der Waals surface area contributed by atoms with Crippen LogP contribution in [0.25, 0.3) is 0 Å². The Morgan fingerprint density at radius 3 is 2.53 bits per heavy atom. The number of hydrogen-bond acceptors (Lipinski definition) is 2. The summed E-state index contributed by atoms with van der Waals surface area (Å²) in [5.74, 6) is -0.142. The van der Waals surface area contributed by atoms with Crippen LogP contribution in [0.3, 0.4) is 0 Å². The molecule has 0 bridgehead atoms. The lowest BCUT2D eigenvalue weighted by molar-refractivity contribution is 0.577. The summed E-state index contributed by atoms with van der Waals surface area (Å²) in [6.45, 7) is 3.96. The second-order valence-electron chi connectivity index (χ2n) is 4.21. The predicted molar refractivity (Wildman–Crippen MR) is 71.1 cm³/mol. The first kappa shape index (κ1) is 12.3. The Kier molecular flexibility index (Phi) is 3.60. The van der Waals surface area contributed by atoms with E-state index in [1.54, 1.807) is 17.4 Å². The van der Waals surface area contributed by atoms with Crippen molar-refractivity contribution >= 4 is 11.3 Å². The highest BCUT2D eigenvalue weighted by Crippen LogP contribution is 2.30. The maximum absolute atomic E-state index is 14.0. The van der Waals surface area contributed by atoms with Crippen LogP contribution in [0, 0.1) is 19.7 Å². The molecule has 3 heteroatoms. The zero-order chi connectivity index (χ0) is 12.4. The van der Waals surface area contributed by atoms with Gasteiger partial charge in [0, 0.05) is 10.4 Å². The van der Waals surface area contributed by atoms with Crippen LogP contribution in [-0.2, 0) is 0 Å². The summed E-state index contributed by atoms with van der Waals surface area (Å²) < 4.78 is 14.0. The molecule has 17 heavy (non-hydrogen) atoms. The SMILES string of the molecule is CNC(c1ccc(C)cc1F)c1sccc1C. The molecule has 1 N–H and O–H groups in total. The number of benzene rings is 1. The van der Waals surface area contributed by atoms with Crippen LogP contribution in [0.4, 0.5) is 4.39 Å². The van der Waals surface area contributed by atoms with Gasteiger partial charge in [0.15, 0.2) is 0 Å². The van der Waals surface area contributed by atoms with E-state index in [1.165, 1.54) is 10.4 Å². The topological polar surface area (TPSA) is 12.0 Å². The largest absolute Gasteiger partial charge is 0.309 e. The van der Waals surface area contributed by atoms with Gasteiger partial charge in [0.2, 0.25) is 0 Å². The number of aryl methyl sites for hydroxylation is 2. The van der Waals surface area contributed by atoms with Crippen molar-refractivity contribution in [1.82, 2.24) is 5.32 Å². The van der Waals surface area contributed by atoms with Crippen LogP contribution >= 0.6 is 11.3 Å². The van der Waals surface area contributed by atoms with E-state index in [1.807, 2.05) is 31.5 Å². The van der Waals surface area contributed by atoms with E-state index in [0.29, 0.717) is 5.56 Å². The lowest BCUT2D eigenvalue weighted by Crippen LogP contribution is -2.18. The molecule has 2 aromatic rings. The Hall–Kier alpha value is -1.19. The molecular weight excluding hydrogens is 233 g/mol. The standard InChI is InChI=1S/C14H16FNS/c1-9-4-5-11(12(15)8-9)13(16-3)14-10(2)6-7-17-14/h4-8,13,16H,1-3H3. The van der Waals surface area contributed by atoms with E-state index >= 15 is 0 Å². The van der Waals surface area contributed by atoms with Gasteiger partial charge in [0.05, 0.1) is 6.04 Å². The highest BCUT2D eigenvalue weighted by Gasteiger charge is 2.18. The van der Waals surface area contributed by atoms with Gasteiger partial charge in [-0.3, -0.25) is 0 Å². The third-order valence-electron chi connectivity index (χ3n) is 2.92. The molecule has 1 aromatic carbocycles. The normalized spacial score (nSPS) is 12.7. The molecule has 90 valence electrons. The van der Waals surface area contributed by atoms with Gasteiger partial charge in [0.1, 0.15) is 5.82 Å². The predicted octanol–water partition coefficient (Wildman–Crippen LogP) is 3.81. The number of hydrogen-bond donors (Lipinski definition) is 1. The van der Waals surface area contributed by atoms with E-state index < -0.39 is 0 Å². The molecule has 0 fully saturated rings. The summed E-state index contributed by atoms with van der Waals surface area (Å²) in [5.41, 5.74) is 2.86. The third-order valence-corrected chi connectivity index (χ3v) is 4.00. The van der Waals surface area contributed by atoms with Gasteiger partial charge >= 0.3 is 0 Å². The Bertz CT molecular complexity index is 519. The minimum Gasteiger partial charge on any atom is -0.309 e. The molecule has 1 atom stereocenters. The summed E-state index contributed by atoms with van der Waals surface area (Å²) in [7, 11) is 1.86. The quantitative estimate of drug-likeness (QED) is 0.872. The van der Waals surface area contributed by atoms with E-state index in [0.717, 1.165) is 5.56 Å². The van der Waals surface area contributed by atoms with Crippen LogP contribution in [-0.4, -0.2) is 7.05 Å². The van der Waals surface area contributed by atoms with Gasteiger partial charge in [-0.25, -0.2) is 4.39 Å². The first-order valence-electron chi connectivity index (χ1n) is 5.60. The Labute approximate surface area is 105 Å². The van der Waals surface area contributed by atoms with Gasteiger partial charge in [-0.15, -0.1) is 11.3 Å². The molecule has 0 saturated heterocycles. The van der Waals surface area contributed by atoms with Gasteiger partial charge in [-0.1, -0.05) is 12.1 Å². The lowest BCUT2D eigenvalue weighted by Gasteiger charge is -2.17. The van der Waals surface area contributed by atoms with Crippen molar-refractivity contribution in [2.75, 3.05) is 7.05 Å². The maximum atomic E-state index is 14.0. The second-order valence-corrected chi connectivity index (χ2v) is 5.16. The summed E-state index contributed by atoms with van der Waals surface area (Å²) in [6, 6.07) is 7.41. The zero-order valence-electron chi connectivity index (χ0n) is 10.3. The lowest BCUT2D eigenvalue weighted by atomic mass is 10.0. The molecule has 0 aliphatic heterocycles. The first-order chi connectivity index (χ1) is 8.13. The molecular formula is C14H16FNS. The van der Waals surface area contributed by atoms with Crippen molar-refractivity contribution in [1.29, 1.82) is 0 Å². The van der Waals surface area contributed by atoms with Crippen LogP contribution in [0.1, 0.15) is 27.6 Å². The van der Waals surface area contributed by atoms with Crippen molar-refractivity contribution in [3.63, 3.8) is 0 Å². The van der Waals surface area contributed by atoms with E-state index in [2.05, 4.69) is 18.3 Å². The Morgan fingerprint density at radius 1 is 1.24 bits per heavy atom. The Morgan fingerprint density at radius 2 is 2.00 bits per heavy atom. The molecule has 1 heterocycles. The summed E-state index contributed by atoms with van der Waals surface area (Å²) in [6.07, 6.45) is 0. The number of nitrogens with one attached hydrogen (secondary N) is 1. The monoisotopic (exact) mass is 249 g/mol. The molecule has 1 aromatic heterocycles. The fourth-order valence-electron chi connectivity index (χ4n) is 1.97. The van der Waals surface area contributed by atoms with Crippen molar-refractivity contribution < 1.29 is 4.39 Å². The van der Waals surface area contributed by atoms with Crippen LogP contribution in [0.15, 0.2) is 29.6 Å². The van der Waals surface area contributed by atoms with Crippen LogP contribution in [0.2, 0.25) is 0 Å². The molecule has 0 spiro atoms. The number of halogens is 1. The third kappa shape index (κ3) is 2.40. The summed E-state index contributed by atoms with van der Waals surface area (Å²) in [5, 5.41) is 5.24. The van der Waals surface area contributed by atoms with E-state index in [4.69, 9.17) is 0 Å². The average Bonchev–Trinajstić information content (AvgIpc) is 2.69. The fourth-order valence-corrected chi connectivity index (χ4v) is 3.03. The van der Waals surface area contributed by atoms with Crippen LogP contribution in [0.5, 0.6) is 0 Å². The molecule has 0 saturated carbocycles. The molecule has 2 rings (SSSR count). The average molecular weight is 249 g/mol. The number of thiophene rings is 1. The number of rotatable bonds is 3. The van der Waals surface area contributed by atoms with Crippen molar-refractivity contribution in [3.05, 3.63) is 57.0 Å². The van der Waals surface area contributed by atoms with E-state index in [9.17, 15) is 4.39 Å². The fraction of sp³-hybridized carbons (Fsp3) is 0.286. The minimum atomic E-state index is -0.142. The molecule has 0 amide bonds. The van der Waals surface area contributed by atoms with Gasteiger partial charge in [-0.2, -0.15) is 0 Å². The van der Waals surface area contributed by atoms with Crippen molar-refractivity contribution in [3.8, 4) is 0 Å². The van der Waals surface area contributed by atoms with Crippen molar-refractivity contribution in [2.45, 2.75) is 19.9 Å². The Balaban J connectivity index is 2.46. The minimum absolute atomic E-state index is 0.0596. The van der Waals surface area contributed by atoms with E-state index in [-0.39, 0.29) is 11.9 Å². The zero-order valence-corrected chi connectivity index (χ0v) is 11.1. The molecule has 0 aliphatic rings. The first-order valence-corrected chi connectivity index (χ1v) is 6.48. The van der Waals surface area contributed by atoms with Gasteiger partial charge < -0.3 is 5.32 Å².